The second kappa shape index (κ2) is 13.5. The van der Waals surface area contributed by atoms with Gasteiger partial charge in [0.2, 0.25) is 5.91 Å². The molecule has 1 aromatic carbocycles. The number of nitrogens with two attached hydrogens (primary N) is 1. The van der Waals surface area contributed by atoms with Crippen molar-refractivity contribution < 1.29 is 4.79 Å². The molecule has 0 bridgehead atoms. The lowest BCUT2D eigenvalue weighted by molar-refractivity contribution is -0.130. The number of piperazine rings is 1. The lowest BCUT2D eigenvalue weighted by Gasteiger charge is -2.45. The Labute approximate surface area is 304 Å². The van der Waals surface area contributed by atoms with E-state index in [4.69, 9.17) is 68.7 Å². The number of hydrogen-bond donors (Lipinski definition) is 1. The van der Waals surface area contributed by atoms with Crippen LogP contribution in [0.15, 0.2) is 41.4 Å². The number of allylic oxidation sites excluding steroid dienone is 2. The number of fused-ring (bicyclic) bond motifs is 1. The van der Waals surface area contributed by atoms with Crippen LogP contribution in [-0.4, -0.2) is 63.5 Å². The Hall–Kier alpha value is -3.39. The maximum Gasteiger partial charge on any atom is 0.276 e. The summed E-state index contributed by atoms with van der Waals surface area (Å²) >= 11 is 33.2. The maximum atomic E-state index is 14.8. The molecule has 2 N–H and O–H groups in total. The van der Waals surface area contributed by atoms with E-state index in [1.165, 1.54) is 10.6 Å². The fraction of sp³-hybridized carbons (Fsp3) is 0.353. The highest BCUT2D eigenvalue weighted by atomic mass is 35.5. The second-order valence-electron chi connectivity index (χ2n) is 12.5. The van der Waals surface area contributed by atoms with E-state index in [0.717, 1.165) is 5.57 Å². The van der Waals surface area contributed by atoms with Gasteiger partial charge in [0.25, 0.3) is 5.56 Å². The van der Waals surface area contributed by atoms with Gasteiger partial charge in [-0.15, -0.1) is 0 Å². The van der Waals surface area contributed by atoms with Gasteiger partial charge in [-0.25, -0.2) is 4.98 Å². The zero-order valence-electron chi connectivity index (χ0n) is 27.2. The van der Waals surface area contributed by atoms with Crippen LogP contribution in [0.3, 0.4) is 0 Å². The zero-order valence-corrected chi connectivity index (χ0v) is 31.0. The Bertz CT molecular complexity index is 2010. The van der Waals surface area contributed by atoms with Gasteiger partial charge in [0.1, 0.15) is 17.3 Å². The van der Waals surface area contributed by atoms with Crippen molar-refractivity contribution in [1.82, 2.24) is 19.4 Å². The van der Waals surface area contributed by atoms with Crippen molar-refractivity contribution in [3.05, 3.63) is 77.6 Å². The molecule has 3 aromatic rings. The number of benzene rings is 1. The molecule has 0 saturated carbocycles. The number of carbonyl (C=O) groups is 1. The molecule has 0 radical (unpaired) electrons. The highest BCUT2D eigenvalue weighted by molar-refractivity contribution is 6.53. The van der Waals surface area contributed by atoms with Crippen molar-refractivity contribution in [2.24, 2.45) is 5.92 Å². The molecule has 1 unspecified atom stereocenters. The Kier molecular flexibility index (Phi) is 10.1. The highest BCUT2D eigenvalue weighted by Gasteiger charge is 2.37. The number of pyridine rings is 2. The molecule has 0 aliphatic carbocycles. The largest absolute Gasteiger partial charge is 0.396 e. The summed E-state index contributed by atoms with van der Waals surface area (Å²) in [7, 11) is 1.93. The van der Waals surface area contributed by atoms with Crippen LogP contribution in [0.1, 0.15) is 40.2 Å². The van der Waals surface area contributed by atoms with E-state index in [1.807, 2.05) is 49.9 Å². The number of carbonyl (C=O) groups excluding carboxylic acids is 1. The van der Waals surface area contributed by atoms with E-state index in [-0.39, 0.29) is 83.2 Å². The third-order valence-electron chi connectivity index (χ3n) is 8.94. The summed E-state index contributed by atoms with van der Waals surface area (Å²) in [4.78, 5) is 38.2. The van der Waals surface area contributed by atoms with Gasteiger partial charge in [-0.1, -0.05) is 78.4 Å². The molecule has 1 fully saturated rings. The third kappa shape index (κ3) is 5.72. The number of amides is 1. The average Bonchev–Trinajstić information content (AvgIpc) is 3.03. The summed E-state index contributed by atoms with van der Waals surface area (Å²) < 4.78 is 1.49. The molecule has 252 valence electrons. The van der Waals surface area contributed by atoms with Gasteiger partial charge in [0, 0.05) is 43.2 Å². The predicted octanol–water partition coefficient (Wildman–Crippen LogP) is 8.11. The van der Waals surface area contributed by atoms with Crippen molar-refractivity contribution in [3.63, 3.8) is 0 Å². The van der Waals surface area contributed by atoms with Gasteiger partial charge in [0.05, 0.1) is 53.9 Å². The summed E-state index contributed by atoms with van der Waals surface area (Å²) in [6.45, 7) is 14.2. The number of aromatic nitrogens is 2. The molecule has 0 spiro atoms. The predicted molar refractivity (Wildman–Crippen MR) is 198 cm³/mol. The first kappa shape index (κ1) is 35.9. The molecular weight excluding hydrogens is 716 g/mol. The van der Waals surface area contributed by atoms with Crippen LogP contribution in [0.4, 0.5) is 11.4 Å². The van der Waals surface area contributed by atoms with Gasteiger partial charge < -0.3 is 20.4 Å². The number of likely N-dealkylation sites (N-methyl/N-ethyl adjacent to an activating group) is 1. The number of hydrogen-bond acceptors (Lipinski definition) is 7. The Balaban J connectivity index is 1.94. The van der Waals surface area contributed by atoms with Gasteiger partial charge in [0.15, 0.2) is 0 Å². The van der Waals surface area contributed by atoms with Crippen LogP contribution in [-0.2, 0) is 4.79 Å². The molecule has 4 heterocycles. The van der Waals surface area contributed by atoms with E-state index in [9.17, 15) is 14.9 Å². The SMILES string of the molecule is C=CC(=O)N1[C@H](C)CN(c2c(C#N)c(=O)n(C3=C(C)C=CN(C)C3C(C)C)c3nc(-c4c(Cl)c(N)c(Cl)c(Cl)c4Cl)c(Cl)cc23)C[C@@H]1C. The minimum absolute atomic E-state index is 0.00708. The minimum atomic E-state index is -0.555. The van der Waals surface area contributed by atoms with Crippen molar-refractivity contribution in [3.8, 4) is 17.3 Å². The average molecular weight is 750 g/mol. The van der Waals surface area contributed by atoms with Crippen LogP contribution in [0.25, 0.3) is 28.0 Å². The van der Waals surface area contributed by atoms with Gasteiger partial charge in [-0.2, -0.15) is 5.26 Å². The quantitative estimate of drug-likeness (QED) is 0.121. The fourth-order valence-electron chi connectivity index (χ4n) is 6.93. The standard InChI is InChI=1S/C34H34Cl5N7O2/c1-8-22(47)45-17(5)13-44(14-18(45)6)32-19-11-21(35)29(23-24(36)26(38)27(39)28(41)25(23)37)42-33(19)46(34(48)20(32)12-40)31-16(4)9-10-43(7)30(31)15(2)3/h8-11,15,17-18,30H,1,13-14,41H2,2-7H3/t17-,18+,30?. The highest BCUT2D eigenvalue weighted by Crippen LogP contribution is 2.49. The minimum Gasteiger partial charge on any atom is -0.396 e. The van der Waals surface area contributed by atoms with Crippen LogP contribution >= 0.6 is 58.0 Å². The zero-order chi connectivity index (χ0) is 35.5. The van der Waals surface area contributed by atoms with Crippen molar-refractivity contribution in [1.29, 1.82) is 5.26 Å². The van der Waals surface area contributed by atoms with Crippen molar-refractivity contribution in [2.45, 2.75) is 52.7 Å². The van der Waals surface area contributed by atoms with E-state index in [2.05, 4.69) is 26.5 Å². The van der Waals surface area contributed by atoms with Gasteiger partial charge in [-0.3, -0.25) is 14.2 Å². The van der Waals surface area contributed by atoms with Gasteiger partial charge in [-0.05, 0) is 56.7 Å². The Morgan fingerprint density at radius 1 is 1.10 bits per heavy atom. The fourth-order valence-corrected chi connectivity index (χ4v) is 8.26. The summed E-state index contributed by atoms with van der Waals surface area (Å²) in [5.41, 5.74) is 7.89. The number of nitrogen functional groups attached to an aromatic ring is 1. The molecule has 1 amide bonds. The Morgan fingerprint density at radius 3 is 2.29 bits per heavy atom. The number of rotatable bonds is 5. The van der Waals surface area contributed by atoms with Crippen LogP contribution in [0.2, 0.25) is 25.1 Å². The molecule has 2 aliphatic heterocycles. The molecule has 3 atom stereocenters. The van der Waals surface area contributed by atoms with E-state index < -0.39 is 5.56 Å². The first-order chi connectivity index (χ1) is 22.6. The molecule has 2 aromatic heterocycles. The number of anilines is 2. The lowest BCUT2D eigenvalue weighted by Crippen LogP contribution is -2.58. The first-order valence-corrected chi connectivity index (χ1v) is 17.1. The van der Waals surface area contributed by atoms with E-state index in [1.54, 1.807) is 11.0 Å². The topological polar surface area (TPSA) is 111 Å². The second-order valence-corrected chi connectivity index (χ2v) is 14.4. The first-order valence-electron chi connectivity index (χ1n) is 15.2. The molecular formula is C34H34Cl5N7O2. The third-order valence-corrected chi connectivity index (χ3v) is 11.0. The lowest BCUT2D eigenvalue weighted by atomic mass is 9.93. The van der Waals surface area contributed by atoms with Crippen LogP contribution in [0.5, 0.6) is 0 Å². The summed E-state index contributed by atoms with van der Waals surface area (Å²) in [5, 5.41) is 11.1. The summed E-state index contributed by atoms with van der Waals surface area (Å²) in [6, 6.07) is 3.05. The monoisotopic (exact) mass is 747 g/mol. The maximum absolute atomic E-state index is 14.8. The Morgan fingerprint density at radius 2 is 1.73 bits per heavy atom. The number of nitriles is 1. The molecule has 48 heavy (non-hydrogen) atoms. The molecule has 14 heteroatoms. The smallest absolute Gasteiger partial charge is 0.276 e. The molecule has 1 saturated heterocycles. The van der Waals surface area contributed by atoms with E-state index >= 15 is 0 Å². The van der Waals surface area contributed by atoms with Gasteiger partial charge >= 0.3 is 0 Å². The molecule has 5 rings (SSSR count). The van der Waals surface area contributed by atoms with Crippen molar-refractivity contribution in [2.75, 3.05) is 30.8 Å². The van der Waals surface area contributed by atoms with Crippen LogP contribution in [0, 0.1) is 17.2 Å². The summed E-state index contributed by atoms with van der Waals surface area (Å²) in [5.74, 6) is -0.143. The summed E-state index contributed by atoms with van der Waals surface area (Å²) in [6.07, 6.45) is 5.15. The number of halogens is 5. The molecule has 9 nitrogen and oxygen atoms in total. The molecule has 2 aliphatic rings. The van der Waals surface area contributed by atoms with Crippen LogP contribution < -0.4 is 16.2 Å². The number of nitrogens with zero attached hydrogens (tertiary/aromatic N) is 6. The normalized spacial score (nSPS) is 19.8. The van der Waals surface area contributed by atoms with Crippen molar-refractivity contribution >= 4 is 92.0 Å². The van der Waals surface area contributed by atoms with E-state index in [0.29, 0.717) is 29.9 Å².